The zero-order valence-electron chi connectivity index (χ0n) is 16.7. The molecule has 0 bridgehead atoms. The maximum absolute atomic E-state index is 13.0. The number of fused-ring (bicyclic) bond motifs is 1. The van der Waals surface area contributed by atoms with E-state index in [1.54, 1.807) is 0 Å². The molecule has 1 amide bonds. The average Bonchev–Trinajstić information content (AvgIpc) is 3.15. The Bertz CT molecular complexity index is 950. The number of piperidine rings is 1. The van der Waals surface area contributed by atoms with Gasteiger partial charge in [-0.3, -0.25) is 4.79 Å². The second-order valence-corrected chi connectivity index (χ2v) is 7.86. The molecule has 5 nitrogen and oxygen atoms in total. The Kier molecular flexibility index (Phi) is 5.44. The molecule has 1 atom stereocenters. The van der Waals surface area contributed by atoms with E-state index in [9.17, 15) is 4.79 Å². The molecule has 3 aromatic rings. The molecule has 5 heteroatoms. The Morgan fingerprint density at radius 1 is 1.18 bits per heavy atom. The molecule has 1 aliphatic heterocycles. The maximum atomic E-state index is 13.0. The number of hydrogen-bond donors (Lipinski definition) is 0. The Morgan fingerprint density at radius 3 is 2.82 bits per heavy atom. The van der Waals surface area contributed by atoms with Crippen molar-refractivity contribution in [3.05, 3.63) is 71.7 Å². The highest BCUT2D eigenvalue weighted by Crippen LogP contribution is 2.18. The second kappa shape index (κ2) is 8.15. The molecule has 146 valence electrons. The molecule has 0 saturated carbocycles. The number of hydrogen-bond acceptors (Lipinski definition) is 3. The summed E-state index contributed by atoms with van der Waals surface area (Å²) in [4.78, 5) is 21.9. The summed E-state index contributed by atoms with van der Waals surface area (Å²) in [5.74, 6) is 0.0440. The zero-order chi connectivity index (χ0) is 19.5. The van der Waals surface area contributed by atoms with Crippen molar-refractivity contribution in [1.29, 1.82) is 0 Å². The van der Waals surface area contributed by atoms with Crippen LogP contribution in [0.15, 0.2) is 54.9 Å². The molecule has 2 aromatic heterocycles. The SMILES string of the molecule is Cc1ccc2nc(C(=O)N3CCCC(N(C)CCc4ccccc4)C3)cn2c1. The lowest BCUT2D eigenvalue weighted by atomic mass is 10.0. The van der Waals surface area contributed by atoms with Gasteiger partial charge in [-0.1, -0.05) is 36.4 Å². The molecule has 1 unspecified atom stereocenters. The third-order valence-corrected chi connectivity index (χ3v) is 5.72. The number of carbonyl (C=O) groups excluding carboxylic acids is 1. The molecule has 1 aliphatic rings. The summed E-state index contributed by atoms with van der Waals surface area (Å²) < 4.78 is 1.94. The van der Waals surface area contributed by atoms with Crippen LogP contribution in [0.4, 0.5) is 0 Å². The Balaban J connectivity index is 1.40. The molecule has 0 N–H and O–H groups in total. The number of benzene rings is 1. The van der Waals surface area contributed by atoms with Crippen LogP contribution in [0.5, 0.6) is 0 Å². The van der Waals surface area contributed by atoms with Crippen LogP contribution in [-0.2, 0) is 6.42 Å². The van der Waals surface area contributed by atoms with Crippen molar-refractivity contribution in [3.8, 4) is 0 Å². The van der Waals surface area contributed by atoms with Crippen LogP contribution in [-0.4, -0.2) is 57.8 Å². The monoisotopic (exact) mass is 376 g/mol. The van der Waals surface area contributed by atoms with Gasteiger partial charge in [0.25, 0.3) is 5.91 Å². The molecule has 1 aromatic carbocycles. The first kappa shape index (κ1) is 18.7. The van der Waals surface area contributed by atoms with E-state index in [2.05, 4.69) is 47.3 Å². The van der Waals surface area contributed by atoms with Gasteiger partial charge in [0.2, 0.25) is 0 Å². The van der Waals surface area contributed by atoms with Gasteiger partial charge in [-0.2, -0.15) is 0 Å². The van der Waals surface area contributed by atoms with Crippen molar-refractivity contribution in [2.75, 3.05) is 26.7 Å². The van der Waals surface area contributed by atoms with Gasteiger partial charge in [0.15, 0.2) is 0 Å². The lowest BCUT2D eigenvalue weighted by molar-refractivity contribution is 0.0606. The van der Waals surface area contributed by atoms with E-state index in [1.807, 2.05) is 40.8 Å². The molecular formula is C23H28N4O. The Morgan fingerprint density at radius 2 is 2.00 bits per heavy atom. The summed E-state index contributed by atoms with van der Waals surface area (Å²) in [6, 6.07) is 15.0. The lowest BCUT2D eigenvalue weighted by Crippen LogP contribution is -2.49. The summed E-state index contributed by atoms with van der Waals surface area (Å²) in [6.07, 6.45) is 7.08. The Hall–Kier alpha value is -2.66. The fourth-order valence-electron chi connectivity index (χ4n) is 4.00. The van der Waals surface area contributed by atoms with Crippen molar-refractivity contribution in [2.24, 2.45) is 0 Å². The first-order valence-corrected chi connectivity index (χ1v) is 10.1. The van der Waals surface area contributed by atoms with Crippen LogP contribution < -0.4 is 0 Å². The van der Waals surface area contributed by atoms with E-state index in [4.69, 9.17) is 0 Å². The molecule has 3 heterocycles. The fourth-order valence-corrected chi connectivity index (χ4v) is 4.00. The predicted octanol–water partition coefficient (Wildman–Crippen LogP) is 3.42. The van der Waals surface area contributed by atoms with E-state index in [-0.39, 0.29) is 5.91 Å². The number of rotatable bonds is 5. The summed E-state index contributed by atoms with van der Waals surface area (Å²) in [5.41, 5.74) is 3.88. The van der Waals surface area contributed by atoms with Gasteiger partial charge >= 0.3 is 0 Å². The molecule has 0 spiro atoms. The Labute approximate surface area is 166 Å². The van der Waals surface area contributed by atoms with Crippen LogP contribution in [0.2, 0.25) is 0 Å². The summed E-state index contributed by atoms with van der Waals surface area (Å²) >= 11 is 0. The molecule has 0 aliphatic carbocycles. The van der Waals surface area contributed by atoms with Crippen molar-refractivity contribution in [1.82, 2.24) is 19.2 Å². The molecule has 1 fully saturated rings. The van der Waals surface area contributed by atoms with Gasteiger partial charge in [0, 0.05) is 38.1 Å². The zero-order valence-corrected chi connectivity index (χ0v) is 16.7. The minimum absolute atomic E-state index is 0.0440. The van der Waals surface area contributed by atoms with Gasteiger partial charge in [-0.15, -0.1) is 0 Å². The van der Waals surface area contributed by atoms with Gasteiger partial charge in [0.05, 0.1) is 0 Å². The van der Waals surface area contributed by atoms with Crippen molar-refractivity contribution in [2.45, 2.75) is 32.2 Å². The van der Waals surface area contributed by atoms with E-state index in [1.165, 1.54) is 5.56 Å². The third-order valence-electron chi connectivity index (χ3n) is 5.72. The highest BCUT2D eigenvalue weighted by atomic mass is 16.2. The number of amides is 1. The lowest BCUT2D eigenvalue weighted by Gasteiger charge is -2.37. The molecule has 1 saturated heterocycles. The minimum atomic E-state index is 0.0440. The smallest absolute Gasteiger partial charge is 0.274 e. The largest absolute Gasteiger partial charge is 0.336 e. The summed E-state index contributed by atoms with van der Waals surface area (Å²) in [5, 5.41) is 0. The summed E-state index contributed by atoms with van der Waals surface area (Å²) in [7, 11) is 2.18. The second-order valence-electron chi connectivity index (χ2n) is 7.86. The van der Waals surface area contributed by atoms with Gasteiger partial charge < -0.3 is 14.2 Å². The fraction of sp³-hybridized carbons (Fsp3) is 0.391. The van der Waals surface area contributed by atoms with E-state index in [0.717, 1.165) is 50.1 Å². The van der Waals surface area contributed by atoms with Crippen LogP contribution in [0.3, 0.4) is 0 Å². The average molecular weight is 377 g/mol. The van der Waals surface area contributed by atoms with Crippen molar-refractivity contribution in [3.63, 3.8) is 0 Å². The van der Waals surface area contributed by atoms with Crippen LogP contribution in [0.25, 0.3) is 5.65 Å². The number of carbonyl (C=O) groups is 1. The highest BCUT2D eigenvalue weighted by Gasteiger charge is 2.28. The molecule has 28 heavy (non-hydrogen) atoms. The van der Waals surface area contributed by atoms with Crippen molar-refractivity contribution < 1.29 is 4.79 Å². The topological polar surface area (TPSA) is 40.9 Å². The van der Waals surface area contributed by atoms with Gasteiger partial charge in [0.1, 0.15) is 11.3 Å². The molecule has 0 radical (unpaired) electrons. The number of pyridine rings is 1. The minimum Gasteiger partial charge on any atom is -0.336 e. The predicted molar refractivity (Wildman–Crippen MR) is 112 cm³/mol. The molecule has 4 rings (SSSR count). The summed E-state index contributed by atoms with van der Waals surface area (Å²) in [6.45, 7) is 4.64. The van der Waals surface area contributed by atoms with Gasteiger partial charge in [-0.05, 0) is 50.4 Å². The van der Waals surface area contributed by atoms with Crippen LogP contribution in [0, 0.1) is 6.92 Å². The highest BCUT2D eigenvalue weighted by molar-refractivity contribution is 5.93. The normalized spacial score (nSPS) is 17.4. The first-order chi connectivity index (χ1) is 13.6. The number of imidazole rings is 1. The van der Waals surface area contributed by atoms with Gasteiger partial charge in [-0.25, -0.2) is 4.98 Å². The van der Waals surface area contributed by atoms with Crippen LogP contribution in [0.1, 0.15) is 34.5 Å². The number of aryl methyl sites for hydroxylation is 1. The van der Waals surface area contributed by atoms with Crippen molar-refractivity contribution >= 4 is 11.6 Å². The number of likely N-dealkylation sites (N-methyl/N-ethyl adjacent to an activating group) is 1. The van der Waals surface area contributed by atoms with E-state index >= 15 is 0 Å². The van der Waals surface area contributed by atoms with E-state index in [0.29, 0.717) is 11.7 Å². The maximum Gasteiger partial charge on any atom is 0.274 e. The quantitative estimate of drug-likeness (QED) is 0.685. The standard InChI is InChI=1S/C23H28N4O/c1-18-10-11-22-24-21(17-27(22)15-18)23(28)26-13-6-9-20(16-26)25(2)14-12-19-7-4-3-5-8-19/h3-5,7-8,10-11,15,17,20H,6,9,12-14,16H2,1-2H3. The number of aromatic nitrogens is 2. The first-order valence-electron chi connectivity index (χ1n) is 10.1. The molecular weight excluding hydrogens is 348 g/mol. The van der Waals surface area contributed by atoms with E-state index < -0.39 is 0 Å². The number of nitrogens with zero attached hydrogens (tertiary/aromatic N) is 4. The third kappa shape index (κ3) is 4.09. The number of likely N-dealkylation sites (tertiary alicyclic amines) is 1. The van der Waals surface area contributed by atoms with Crippen LogP contribution >= 0.6 is 0 Å².